The first-order valence-electron chi connectivity index (χ1n) is 5.62. The van der Waals surface area contributed by atoms with Crippen LogP contribution < -0.4 is 0 Å². The van der Waals surface area contributed by atoms with E-state index in [1.807, 2.05) is 0 Å². The maximum Gasteiger partial charge on any atom is 0.309 e. The van der Waals surface area contributed by atoms with Gasteiger partial charge in [-0.15, -0.1) is 0 Å². The number of ether oxygens (including phenoxy) is 1. The Morgan fingerprint density at radius 2 is 2.00 bits per heavy atom. The SMILES string of the molecule is COC(=O)[C@@H]1C/C(=C/[Si](C)(C)C)C[C@H]1C. The largest absolute Gasteiger partial charge is 0.469 e. The molecule has 0 radical (unpaired) electrons. The average Bonchev–Trinajstić information content (AvgIpc) is 2.42. The highest BCUT2D eigenvalue weighted by Crippen LogP contribution is 2.37. The van der Waals surface area contributed by atoms with E-state index in [1.54, 1.807) is 0 Å². The van der Waals surface area contributed by atoms with E-state index in [2.05, 4.69) is 32.3 Å². The molecule has 15 heavy (non-hydrogen) atoms. The van der Waals surface area contributed by atoms with Crippen LogP contribution in [0.4, 0.5) is 0 Å². The number of rotatable bonds is 2. The Bertz CT molecular complexity index is 276. The number of carbonyl (C=O) groups is 1. The lowest BCUT2D eigenvalue weighted by Crippen LogP contribution is -2.18. The van der Waals surface area contributed by atoms with Crippen molar-refractivity contribution >= 4 is 14.0 Å². The highest BCUT2D eigenvalue weighted by atomic mass is 28.3. The van der Waals surface area contributed by atoms with Gasteiger partial charge in [-0.2, -0.15) is 0 Å². The Labute approximate surface area is 93.7 Å². The van der Waals surface area contributed by atoms with Crippen LogP contribution in [0.1, 0.15) is 19.8 Å². The van der Waals surface area contributed by atoms with Crippen LogP contribution >= 0.6 is 0 Å². The second-order valence-corrected chi connectivity index (χ2v) is 10.7. The molecule has 0 aromatic heterocycles. The predicted octanol–water partition coefficient (Wildman–Crippen LogP) is 3.01. The molecule has 0 spiro atoms. The lowest BCUT2D eigenvalue weighted by atomic mass is 9.99. The van der Waals surface area contributed by atoms with Gasteiger partial charge in [-0.1, -0.05) is 37.8 Å². The molecule has 1 rings (SSSR count). The summed E-state index contributed by atoms with van der Waals surface area (Å²) in [6.07, 6.45) is 1.99. The lowest BCUT2D eigenvalue weighted by molar-refractivity contribution is -0.146. The standard InChI is InChI=1S/C12H22O2Si/c1-9-6-10(8-15(3,4)5)7-11(9)12(13)14-2/h8-9,11H,6-7H2,1-5H3/b10-8+/t9-,11-/m1/s1. The summed E-state index contributed by atoms with van der Waals surface area (Å²) in [6.45, 7) is 9.13. The van der Waals surface area contributed by atoms with Crippen molar-refractivity contribution < 1.29 is 9.53 Å². The number of esters is 1. The van der Waals surface area contributed by atoms with Gasteiger partial charge in [0.15, 0.2) is 0 Å². The summed E-state index contributed by atoms with van der Waals surface area (Å²) in [4.78, 5) is 11.5. The highest BCUT2D eigenvalue weighted by molar-refractivity contribution is 6.81. The molecular weight excluding hydrogens is 204 g/mol. The van der Waals surface area contributed by atoms with Crippen molar-refractivity contribution in [3.8, 4) is 0 Å². The van der Waals surface area contributed by atoms with E-state index >= 15 is 0 Å². The van der Waals surface area contributed by atoms with Crippen LogP contribution in [-0.4, -0.2) is 21.2 Å². The third kappa shape index (κ3) is 3.49. The second-order valence-electron chi connectivity index (χ2n) is 5.68. The molecule has 1 aliphatic carbocycles. The first-order chi connectivity index (χ1) is 6.83. The van der Waals surface area contributed by atoms with Gasteiger partial charge < -0.3 is 4.74 Å². The second kappa shape index (κ2) is 4.52. The monoisotopic (exact) mass is 226 g/mol. The van der Waals surface area contributed by atoms with Crippen LogP contribution in [0.3, 0.4) is 0 Å². The van der Waals surface area contributed by atoms with Gasteiger partial charge >= 0.3 is 5.97 Å². The maximum atomic E-state index is 11.5. The van der Waals surface area contributed by atoms with Crippen LogP contribution in [0.15, 0.2) is 11.3 Å². The molecule has 0 unspecified atom stereocenters. The third-order valence-corrected chi connectivity index (χ3v) is 4.17. The van der Waals surface area contributed by atoms with E-state index in [9.17, 15) is 4.79 Å². The molecular formula is C12H22O2Si. The Morgan fingerprint density at radius 3 is 2.47 bits per heavy atom. The van der Waals surface area contributed by atoms with Crippen LogP contribution in [0.25, 0.3) is 0 Å². The Hall–Kier alpha value is -0.573. The summed E-state index contributed by atoms with van der Waals surface area (Å²) < 4.78 is 4.83. The van der Waals surface area contributed by atoms with Gasteiger partial charge in [0.25, 0.3) is 0 Å². The molecule has 0 aliphatic heterocycles. The molecule has 1 aliphatic rings. The van der Waals surface area contributed by atoms with Crippen LogP contribution in [0, 0.1) is 11.8 Å². The van der Waals surface area contributed by atoms with Crippen molar-refractivity contribution in [1.82, 2.24) is 0 Å². The molecule has 2 atom stereocenters. The fourth-order valence-electron chi connectivity index (χ4n) is 2.32. The first-order valence-corrected chi connectivity index (χ1v) is 9.19. The smallest absolute Gasteiger partial charge is 0.309 e. The zero-order valence-electron chi connectivity index (χ0n) is 10.5. The van der Waals surface area contributed by atoms with Crippen molar-refractivity contribution in [3.63, 3.8) is 0 Å². The molecule has 0 heterocycles. The molecule has 3 heteroatoms. The van der Waals surface area contributed by atoms with Gasteiger partial charge in [0, 0.05) is 0 Å². The highest BCUT2D eigenvalue weighted by Gasteiger charge is 2.33. The molecule has 0 amide bonds. The van der Waals surface area contributed by atoms with Crippen LogP contribution in [-0.2, 0) is 9.53 Å². The van der Waals surface area contributed by atoms with Gasteiger partial charge in [-0.3, -0.25) is 4.79 Å². The zero-order chi connectivity index (χ0) is 11.6. The molecule has 0 bridgehead atoms. The number of hydrogen-bond acceptors (Lipinski definition) is 2. The van der Waals surface area contributed by atoms with Crippen molar-refractivity contribution in [2.45, 2.75) is 39.4 Å². The van der Waals surface area contributed by atoms with Gasteiger partial charge in [-0.25, -0.2) is 0 Å². The van der Waals surface area contributed by atoms with Gasteiger partial charge in [-0.05, 0) is 18.8 Å². The topological polar surface area (TPSA) is 26.3 Å². The molecule has 1 fully saturated rings. The predicted molar refractivity (Wildman–Crippen MR) is 65.3 cm³/mol. The van der Waals surface area contributed by atoms with E-state index in [-0.39, 0.29) is 11.9 Å². The Balaban J connectivity index is 2.72. The quantitative estimate of drug-likeness (QED) is 0.534. The average molecular weight is 226 g/mol. The Kier molecular flexibility index (Phi) is 3.76. The van der Waals surface area contributed by atoms with Crippen molar-refractivity contribution in [2.75, 3.05) is 7.11 Å². The normalized spacial score (nSPS) is 29.5. The molecule has 1 saturated carbocycles. The minimum atomic E-state index is -1.14. The number of hydrogen-bond donors (Lipinski definition) is 0. The summed E-state index contributed by atoms with van der Waals surface area (Å²) in [5.41, 5.74) is 3.91. The Morgan fingerprint density at radius 1 is 1.40 bits per heavy atom. The third-order valence-electron chi connectivity index (χ3n) is 2.89. The summed E-state index contributed by atoms with van der Waals surface area (Å²) >= 11 is 0. The van der Waals surface area contributed by atoms with Gasteiger partial charge in [0.2, 0.25) is 0 Å². The molecule has 0 aromatic carbocycles. The van der Waals surface area contributed by atoms with Crippen LogP contribution in [0.5, 0.6) is 0 Å². The van der Waals surface area contributed by atoms with E-state index in [0.29, 0.717) is 5.92 Å². The van der Waals surface area contributed by atoms with Crippen LogP contribution in [0.2, 0.25) is 19.6 Å². The number of methoxy groups -OCH3 is 1. The summed E-state index contributed by atoms with van der Waals surface area (Å²) in [5, 5.41) is 0. The van der Waals surface area contributed by atoms with Gasteiger partial charge in [0.05, 0.1) is 21.1 Å². The van der Waals surface area contributed by atoms with Crippen molar-refractivity contribution in [2.24, 2.45) is 11.8 Å². The fourth-order valence-corrected chi connectivity index (χ4v) is 3.78. The fraction of sp³-hybridized carbons (Fsp3) is 0.750. The van der Waals surface area contributed by atoms with E-state index in [4.69, 9.17) is 4.74 Å². The molecule has 86 valence electrons. The first kappa shape index (κ1) is 12.5. The summed E-state index contributed by atoms with van der Waals surface area (Å²) in [5.74, 6) is 0.499. The van der Waals surface area contributed by atoms with E-state index in [0.717, 1.165) is 12.8 Å². The molecule has 0 saturated heterocycles. The lowest BCUT2D eigenvalue weighted by Gasteiger charge is -2.11. The van der Waals surface area contributed by atoms with E-state index < -0.39 is 8.07 Å². The summed E-state index contributed by atoms with van der Waals surface area (Å²) in [7, 11) is 0.341. The van der Waals surface area contributed by atoms with Crippen molar-refractivity contribution in [1.29, 1.82) is 0 Å². The van der Waals surface area contributed by atoms with Crippen molar-refractivity contribution in [3.05, 3.63) is 11.3 Å². The molecule has 0 N–H and O–H groups in total. The minimum Gasteiger partial charge on any atom is -0.469 e. The summed E-state index contributed by atoms with van der Waals surface area (Å²) in [6, 6.07) is 0. The van der Waals surface area contributed by atoms with Gasteiger partial charge in [0.1, 0.15) is 0 Å². The maximum absolute atomic E-state index is 11.5. The zero-order valence-corrected chi connectivity index (χ0v) is 11.5. The minimum absolute atomic E-state index is 0.0403. The van der Waals surface area contributed by atoms with E-state index in [1.165, 1.54) is 12.7 Å². The molecule has 2 nitrogen and oxygen atoms in total. The number of carbonyl (C=O) groups excluding carboxylic acids is 1. The molecule has 0 aromatic rings. The number of allylic oxidation sites excluding steroid dienone is 1.